The van der Waals surface area contributed by atoms with Crippen LogP contribution in [0.5, 0.6) is 11.5 Å². The Bertz CT molecular complexity index is 939. The highest BCUT2D eigenvalue weighted by Crippen LogP contribution is 2.33. The second kappa shape index (κ2) is 8.60. The molecule has 6 nitrogen and oxygen atoms in total. The Hall–Kier alpha value is -2.99. The molecule has 0 spiro atoms. The summed E-state index contributed by atoms with van der Waals surface area (Å²) in [5.74, 6) is 1.18. The van der Waals surface area contributed by atoms with Crippen molar-refractivity contribution in [1.29, 1.82) is 0 Å². The normalized spacial score (nSPS) is 10.5. The molecule has 0 fully saturated rings. The van der Waals surface area contributed by atoms with Gasteiger partial charge in [-0.2, -0.15) is 0 Å². The van der Waals surface area contributed by atoms with Crippen LogP contribution in [0.25, 0.3) is 11.3 Å². The van der Waals surface area contributed by atoms with Crippen LogP contribution in [-0.4, -0.2) is 31.7 Å². The van der Waals surface area contributed by atoms with Gasteiger partial charge in [0.2, 0.25) is 0 Å². The van der Waals surface area contributed by atoms with E-state index >= 15 is 0 Å². The fourth-order valence-corrected chi connectivity index (χ4v) is 2.92. The molecule has 0 bridgehead atoms. The van der Waals surface area contributed by atoms with Gasteiger partial charge in [0, 0.05) is 17.1 Å². The van der Waals surface area contributed by atoms with Gasteiger partial charge in [0.1, 0.15) is 0 Å². The number of hydrogen-bond acceptors (Lipinski definition) is 5. The van der Waals surface area contributed by atoms with Crippen LogP contribution in [-0.2, 0) is 6.42 Å². The van der Waals surface area contributed by atoms with Crippen molar-refractivity contribution in [1.82, 2.24) is 10.3 Å². The number of carbonyl (C=O) groups is 1. The van der Waals surface area contributed by atoms with E-state index in [9.17, 15) is 4.79 Å². The number of benzene rings is 2. The van der Waals surface area contributed by atoms with Gasteiger partial charge in [0.25, 0.3) is 5.91 Å². The van der Waals surface area contributed by atoms with Gasteiger partial charge in [0.05, 0.1) is 14.2 Å². The quantitative estimate of drug-likeness (QED) is 0.664. The number of rotatable bonds is 7. The molecule has 1 heterocycles. The zero-order valence-corrected chi connectivity index (χ0v) is 15.7. The molecular weight excluding hydrogens is 368 g/mol. The predicted octanol–water partition coefficient (Wildman–Crippen LogP) is 3.98. The van der Waals surface area contributed by atoms with Crippen LogP contribution >= 0.6 is 11.6 Å². The summed E-state index contributed by atoms with van der Waals surface area (Å²) in [4.78, 5) is 16.6. The highest BCUT2D eigenvalue weighted by atomic mass is 35.5. The first kappa shape index (κ1) is 18.8. The van der Waals surface area contributed by atoms with E-state index in [4.69, 9.17) is 25.5 Å². The van der Waals surface area contributed by atoms with Crippen LogP contribution in [0, 0.1) is 0 Å². The number of aromatic nitrogens is 1. The van der Waals surface area contributed by atoms with E-state index in [0.29, 0.717) is 40.8 Å². The molecular formula is C20H19ClN2O4. The third kappa shape index (κ3) is 4.23. The first-order chi connectivity index (χ1) is 13.1. The average molecular weight is 387 g/mol. The molecule has 0 atom stereocenters. The molecule has 27 heavy (non-hydrogen) atoms. The molecule has 1 aromatic heterocycles. The number of methoxy groups -OCH3 is 2. The third-order valence-electron chi connectivity index (χ3n) is 4.07. The van der Waals surface area contributed by atoms with Gasteiger partial charge in [-0.3, -0.25) is 4.79 Å². The maximum Gasteiger partial charge on any atom is 0.273 e. The smallest absolute Gasteiger partial charge is 0.273 e. The monoisotopic (exact) mass is 386 g/mol. The van der Waals surface area contributed by atoms with Gasteiger partial charge in [-0.25, -0.2) is 4.98 Å². The van der Waals surface area contributed by atoms with Gasteiger partial charge < -0.3 is 19.2 Å². The van der Waals surface area contributed by atoms with E-state index in [1.165, 1.54) is 6.39 Å². The highest BCUT2D eigenvalue weighted by Gasteiger charge is 2.19. The molecule has 0 unspecified atom stereocenters. The third-order valence-corrected chi connectivity index (χ3v) is 4.43. The Kier molecular flexibility index (Phi) is 5.98. The van der Waals surface area contributed by atoms with Crippen molar-refractivity contribution in [3.63, 3.8) is 0 Å². The molecule has 140 valence electrons. The molecule has 0 saturated carbocycles. The van der Waals surface area contributed by atoms with Crippen molar-refractivity contribution in [2.45, 2.75) is 6.42 Å². The average Bonchev–Trinajstić information content (AvgIpc) is 3.18. The SMILES string of the molecule is COc1ccc(-c2ocnc2C(=O)NCCc2ccccc2Cl)cc1OC. The first-order valence-corrected chi connectivity index (χ1v) is 8.69. The van der Waals surface area contributed by atoms with Gasteiger partial charge >= 0.3 is 0 Å². The fraction of sp³-hybridized carbons (Fsp3) is 0.200. The molecule has 0 aliphatic carbocycles. The summed E-state index contributed by atoms with van der Waals surface area (Å²) in [5.41, 5.74) is 1.85. The Morgan fingerprint density at radius 3 is 2.67 bits per heavy atom. The minimum Gasteiger partial charge on any atom is -0.493 e. The Labute approximate surface area is 162 Å². The first-order valence-electron chi connectivity index (χ1n) is 8.31. The van der Waals surface area contributed by atoms with Crippen molar-refractivity contribution in [3.05, 3.63) is 65.1 Å². The Balaban J connectivity index is 1.73. The number of nitrogens with zero attached hydrogens (tertiary/aromatic N) is 1. The lowest BCUT2D eigenvalue weighted by atomic mass is 10.1. The number of ether oxygens (including phenoxy) is 2. The zero-order valence-electron chi connectivity index (χ0n) is 15.0. The number of carbonyl (C=O) groups excluding carboxylic acids is 1. The second-order valence-corrected chi connectivity index (χ2v) is 6.10. The van der Waals surface area contributed by atoms with E-state index in [1.807, 2.05) is 24.3 Å². The van der Waals surface area contributed by atoms with Crippen molar-refractivity contribution >= 4 is 17.5 Å². The van der Waals surface area contributed by atoms with Crippen LogP contribution in [0.1, 0.15) is 16.1 Å². The summed E-state index contributed by atoms with van der Waals surface area (Å²) in [6.45, 7) is 0.431. The Morgan fingerprint density at radius 2 is 1.93 bits per heavy atom. The molecule has 3 aromatic rings. The molecule has 0 aliphatic rings. The lowest BCUT2D eigenvalue weighted by Gasteiger charge is -2.09. The maximum atomic E-state index is 12.5. The molecule has 1 N–H and O–H groups in total. The molecule has 0 saturated heterocycles. The molecule has 0 radical (unpaired) electrons. The van der Waals surface area contributed by atoms with E-state index in [1.54, 1.807) is 32.4 Å². The fourth-order valence-electron chi connectivity index (χ4n) is 2.69. The van der Waals surface area contributed by atoms with Crippen molar-refractivity contribution < 1.29 is 18.7 Å². The predicted molar refractivity (Wildman–Crippen MR) is 103 cm³/mol. The summed E-state index contributed by atoms with van der Waals surface area (Å²) in [6, 6.07) is 12.8. The lowest BCUT2D eigenvalue weighted by molar-refractivity contribution is 0.0950. The summed E-state index contributed by atoms with van der Waals surface area (Å²) in [5, 5.41) is 3.53. The molecule has 7 heteroatoms. The lowest BCUT2D eigenvalue weighted by Crippen LogP contribution is -2.26. The number of amides is 1. The van der Waals surface area contributed by atoms with Crippen LogP contribution in [0.3, 0.4) is 0 Å². The van der Waals surface area contributed by atoms with E-state index < -0.39 is 0 Å². The summed E-state index contributed by atoms with van der Waals surface area (Å²) >= 11 is 6.14. The molecule has 1 amide bonds. The topological polar surface area (TPSA) is 73.6 Å². The van der Waals surface area contributed by atoms with Crippen LogP contribution in [0.2, 0.25) is 5.02 Å². The molecule has 3 rings (SSSR count). The van der Waals surface area contributed by atoms with E-state index in [-0.39, 0.29) is 11.6 Å². The van der Waals surface area contributed by atoms with Crippen LogP contribution in [0.4, 0.5) is 0 Å². The summed E-state index contributed by atoms with van der Waals surface area (Å²) in [6.07, 6.45) is 1.87. The Morgan fingerprint density at radius 1 is 1.15 bits per heavy atom. The van der Waals surface area contributed by atoms with Crippen molar-refractivity contribution in [3.8, 4) is 22.8 Å². The highest BCUT2D eigenvalue weighted by molar-refractivity contribution is 6.31. The molecule has 0 aliphatic heterocycles. The number of hydrogen-bond donors (Lipinski definition) is 1. The van der Waals surface area contributed by atoms with Gasteiger partial charge in [-0.15, -0.1) is 0 Å². The molecule has 2 aromatic carbocycles. The standard InChI is InChI=1S/C20H19ClN2O4/c1-25-16-8-7-14(11-17(16)26-2)19-18(23-12-27-19)20(24)22-10-9-13-5-3-4-6-15(13)21/h3-8,11-12H,9-10H2,1-2H3,(H,22,24). The van der Waals surface area contributed by atoms with Crippen molar-refractivity contribution in [2.75, 3.05) is 20.8 Å². The maximum absolute atomic E-state index is 12.5. The van der Waals surface area contributed by atoms with E-state index in [0.717, 1.165) is 5.56 Å². The number of nitrogens with one attached hydrogen (secondary N) is 1. The van der Waals surface area contributed by atoms with E-state index in [2.05, 4.69) is 10.3 Å². The minimum atomic E-state index is -0.319. The van der Waals surface area contributed by atoms with Crippen molar-refractivity contribution in [2.24, 2.45) is 0 Å². The summed E-state index contributed by atoms with van der Waals surface area (Å²) < 4.78 is 16.0. The van der Waals surface area contributed by atoms with Gasteiger partial charge in [-0.1, -0.05) is 29.8 Å². The zero-order chi connectivity index (χ0) is 19.2. The second-order valence-electron chi connectivity index (χ2n) is 5.70. The number of halogens is 1. The largest absolute Gasteiger partial charge is 0.493 e. The summed E-state index contributed by atoms with van der Waals surface area (Å²) in [7, 11) is 3.11. The van der Waals surface area contributed by atoms with Crippen LogP contribution < -0.4 is 14.8 Å². The van der Waals surface area contributed by atoms with Gasteiger partial charge in [-0.05, 0) is 36.2 Å². The number of oxazole rings is 1. The minimum absolute atomic E-state index is 0.210. The van der Waals surface area contributed by atoms with Gasteiger partial charge in [0.15, 0.2) is 29.3 Å². The van der Waals surface area contributed by atoms with Crippen LogP contribution in [0.15, 0.2) is 53.3 Å².